The quantitative estimate of drug-likeness (QED) is 0.827. The van der Waals surface area contributed by atoms with Gasteiger partial charge < -0.3 is 15.2 Å². The zero-order chi connectivity index (χ0) is 20.9. The average molecular weight is 411 g/mol. The summed E-state index contributed by atoms with van der Waals surface area (Å²) in [5.74, 6) is 0.172. The van der Waals surface area contributed by atoms with Gasteiger partial charge in [-0.25, -0.2) is 9.38 Å². The largest absolute Gasteiger partial charge is 0.456 e. The van der Waals surface area contributed by atoms with Crippen LogP contribution < -0.4 is 10.5 Å². The highest BCUT2D eigenvalue weighted by molar-refractivity contribution is 6.00. The van der Waals surface area contributed by atoms with Gasteiger partial charge in [-0.2, -0.15) is 10.2 Å². The minimum absolute atomic E-state index is 0.0135. The first-order chi connectivity index (χ1) is 14.5. The molecule has 3 atom stereocenters. The molecule has 30 heavy (non-hydrogen) atoms. The minimum atomic E-state index is -1.22. The summed E-state index contributed by atoms with van der Waals surface area (Å²) in [7, 11) is 1.60. The molecule has 2 N–H and O–H groups in total. The third-order valence-electron chi connectivity index (χ3n) is 6.19. The Morgan fingerprint density at radius 3 is 2.83 bits per heavy atom. The van der Waals surface area contributed by atoms with Gasteiger partial charge in [0.1, 0.15) is 22.9 Å². The maximum absolute atomic E-state index is 15.1. The number of aliphatic imine (C=N–C) groups is 1. The number of ether oxygens (including phenoxy) is 2. The standard InChI is InChI=1S/C21H22FN5O3/c1-27-19(28)16-9-18(12-2-3-12)29-11-21(16,26-20(27)23)15-8-13(4-5-17(15)22)30-14-6-7-24-25-10-14/h4-8,10,12,16,18H,2-3,9,11H2,1H3,(H2,23,26)/t16-,18+,21+/m0/s1. The van der Waals surface area contributed by atoms with Gasteiger partial charge in [0.15, 0.2) is 5.96 Å². The average Bonchev–Trinajstić information content (AvgIpc) is 3.59. The van der Waals surface area contributed by atoms with Crippen LogP contribution in [0.25, 0.3) is 0 Å². The van der Waals surface area contributed by atoms with Crippen LogP contribution in [0.5, 0.6) is 11.5 Å². The van der Waals surface area contributed by atoms with Crippen molar-refractivity contribution in [3.63, 3.8) is 0 Å². The van der Waals surface area contributed by atoms with Gasteiger partial charge in [-0.3, -0.25) is 9.69 Å². The van der Waals surface area contributed by atoms with Gasteiger partial charge in [-0.05, 0) is 43.4 Å². The van der Waals surface area contributed by atoms with Gasteiger partial charge in [-0.1, -0.05) is 0 Å². The molecule has 156 valence electrons. The molecular weight excluding hydrogens is 389 g/mol. The highest BCUT2D eigenvalue weighted by Crippen LogP contribution is 2.50. The van der Waals surface area contributed by atoms with Crippen LogP contribution in [0.15, 0.2) is 41.7 Å². The van der Waals surface area contributed by atoms with Gasteiger partial charge in [-0.15, -0.1) is 0 Å². The number of halogens is 1. The van der Waals surface area contributed by atoms with Crippen LogP contribution in [0, 0.1) is 17.7 Å². The fourth-order valence-corrected chi connectivity index (χ4v) is 4.37. The van der Waals surface area contributed by atoms with Gasteiger partial charge in [0, 0.05) is 18.7 Å². The van der Waals surface area contributed by atoms with Gasteiger partial charge in [0.2, 0.25) is 5.91 Å². The number of aromatic nitrogens is 2. The van der Waals surface area contributed by atoms with E-state index in [4.69, 9.17) is 15.2 Å². The summed E-state index contributed by atoms with van der Waals surface area (Å²) in [6.07, 6.45) is 5.63. The Balaban J connectivity index is 1.57. The third-order valence-corrected chi connectivity index (χ3v) is 6.19. The molecule has 1 aromatic heterocycles. The van der Waals surface area contributed by atoms with E-state index in [9.17, 15) is 4.79 Å². The number of amides is 1. The van der Waals surface area contributed by atoms with E-state index in [0.29, 0.717) is 23.8 Å². The van der Waals surface area contributed by atoms with E-state index < -0.39 is 17.3 Å². The number of hydrogen-bond acceptors (Lipinski definition) is 7. The second-order valence-electron chi connectivity index (χ2n) is 8.09. The monoisotopic (exact) mass is 411 g/mol. The number of guanidine groups is 1. The molecule has 1 saturated carbocycles. The van der Waals surface area contributed by atoms with E-state index in [0.717, 1.165) is 12.8 Å². The van der Waals surface area contributed by atoms with E-state index in [-0.39, 0.29) is 30.1 Å². The predicted octanol–water partition coefficient (Wildman–Crippen LogP) is 2.21. The first-order valence-corrected chi connectivity index (χ1v) is 9.97. The molecule has 1 amide bonds. The summed E-state index contributed by atoms with van der Waals surface area (Å²) in [6.45, 7) is 0.0936. The molecule has 0 spiro atoms. The zero-order valence-electron chi connectivity index (χ0n) is 16.5. The Morgan fingerprint density at radius 1 is 1.27 bits per heavy atom. The van der Waals surface area contributed by atoms with E-state index in [1.165, 1.54) is 29.4 Å². The third kappa shape index (κ3) is 3.09. The summed E-state index contributed by atoms with van der Waals surface area (Å²) < 4.78 is 27.0. The summed E-state index contributed by atoms with van der Waals surface area (Å²) in [6, 6.07) is 6.05. The van der Waals surface area contributed by atoms with Crippen LogP contribution >= 0.6 is 0 Å². The first-order valence-electron chi connectivity index (χ1n) is 9.97. The van der Waals surface area contributed by atoms with Crippen LogP contribution in [-0.4, -0.2) is 46.7 Å². The van der Waals surface area contributed by atoms with E-state index in [1.807, 2.05) is 0 Å². The van der Waals surface area contributed by atoms with Gasteiger partial charge >= 0.3 is 0 Å². The van der Waals surface area contributed by atoms with Crippen LogP contribution in [0.3, 0.4) is 0 Å². The van der Waals surface area contributed by atoms with Crippen molar-refractivity contribution in [3.05, 3.63) is 48.0 Å². The fourth-order valence-electron chi connectivity index (χ4n) is 4.37. The van der Waals surface area contributed by atoms with Crippen molar-refractivity contribution in [1.29, 1.82) is 0 Å². The normalized spacial score (nSPS) is 28.7. The Morgan fingerprint density at radius 2 is 2.10 bits per heavy atom. The molecular formula is C21H22FN5O3. The molecule has 1 saturated heterocycles. The summed E-state index contributed by atoms with van der Waals surface area (Å²) in [4.78, 5) is 19.1. The van der Waals surface area contributed by atoms with Crippen LogP contribution in [0.2, 0.25) is 0 Å². The van der Waals surface area contributed by atoms with Crippen molar-refractivity contribution in [2.75, 3.05) is 13.7 Å². The summed E-state index contributed by atoms with van der Waals surface area (Å²) >= 11 is 0. The zero-order valence-corrected chi connectivity index (χ0v) is 16.5. The Kier molecular flexibility index (Phi) is 4.43. The van der Waals surface area contributed by atoms with E-state index in [1.54, 1.807) is 19.2 Å². The molecule has 0 bridgehead atoms. The summed E-state index contributed by atoms with van der Waals surface area (Å²) in [5.41, 5.74) is 5.07. The molecule has 2 aromatic rings. The first kappa shape index (κ1) is 18.9. The minimum Gasteiger partial charge on any atom is -0.456 e. The molecule has 0 unspecified atom stereocenters. The second-order valence-corrected chi connectivity index (χ2v) is 8.09. The lowest BCUT2D eigenvalue weighted by molar-refractivity contribution is -0.146. The van der Waals surface area contributed by atoms with E-state index in [2.05, 4.69) is 15.2 Å². The molecule has 1 aliphatic carbocycles. The number of nitrogens with zero attached hydrogens (tertiary/aromatic N) is 4. The second kappa shape index (κ2) is 7.02. The van der Waals surface area contributed by atoms with Crippen molar-refractivity contribution in [2.24, 2.45) is 22.6 Å². The molecule has 0 radical (unpaired) electrons. The molecule has 3 heterocycles. The maximum Gasteiger partial charge on any atom is 0.235 e. The lowest BCUT2D eigenvalue weighted by Crippen LogP contribution is -2.60. The smallest absolute Gasteiger partial charge is 0.235 e. The SMILES string of the molecule is CN1C(=O)[C@@H]2C[C@H](C3CC3)OC[C@]2(c2cc(Oc3ccnnc3)ccc2F)N=C1N. The van der Waals surface area contributed by atoms with Crippen LogP contribution in [0.4, 0.5) is 4.39 Å². The van der Waals surface area contributed by atoms with Gasteiger partial charge in [0.05, 0.1) is 31.0 Å². The predicted molar refractivity (Wildman–Crippen MR) is 105 cm³/mol. The van der Waals surface area contributed by atoms with Crippen molar-refractivity contribution in [1.82, 2.24) is 15.1 Å². The number of rotatable bonds is 4. The Labute approximate surface area is 172 Å². The molecule has 1 aromatic carbocycles. The van der Waals surface area contributed by atoms with Crippen molar-refractivity contribution in [3.8, 4) is 11.5 Å². The fraction of sp³-hybridized carbons (Fsp3) is 0.429. The molecule has 5 rings (SSSR count). The molecule has 9 heteroatoms. The lowest BCUT2D eigenvalue weighted by Gasteiger charge is -2.47. The van der Waals surface area contributed by atoms with Crippen molar-refractivity contribution in [2.45, 2.75) is 30.9 Å². The Bertz CT molecular complexity index is 1010. The highest BCUT2D eigenvalue weighted by Gasteiger charge is 2.56. The number of benzene rings is 1. The van der Waals surface area contributed by atoms with Gasteiger partial charge in [0.25, 0.3) is 0 Å². The lowest BCUT2D eigenvalue weighted by atomic mass is 9.72. The van der Waals surface area contributed by atoms with Crippen LogP contribution in [-0.2, 0) is 15.1 Å². The Hall–Kier alpha value is -3.07. The molecule has 3 aliphatic rings. The number of hydrogen-bond donors (Lipinski definition) is 1. The maximum atomic E-state index is 15.1. The summed E-state index contributed by atoms with van der Waals surface area (Å²) in [5, 5.41) is 7.49. The number of carbonyl (C=O) groups is 1. The number of carbonyl (C=O) groups excluding carboxylic acids is 1. The molecule has 8 nitrogen and oxygen atoms in total. The number of nitrogens with two attached hydrogens (primary N) is 1. The van der Waals surface area contributed by atoms with Crippen molar-refractivity contribution >= 4 is 11.9 Å². The number of fused-ring (bicyclic) bond motifs is 1. The van der Waals surface area contributed by atoms with Crippen LogP contribution in [0.1, 0.15) is 24.8 Å². The highest BCUT2D eigenvalue weighted by atomic mass is 19.1. The molecule has 2 fully saturated rings. The topological polar surface area (TPSA) is 103 Å². The van der Waals surface area contributed by atoms with Crippen molar-refractivity contribution < 1.29 is 18.7 Å². The molecule has 2 aliphatic heterocycles. The van der Waals surface area contributed by atoms with E-state index >= 15 is 4.39 Å².